The fourth-order valence-electron chi connectivity index (χ4n) is 6.54. The highest BCUT2D eigenvalue weighted by atomic mass is 15.1. The van der Waals surface area contributed by atoms with Crippen LogP contribution >= 0.6 is 0 Å². The Labute approximate surface area is 267 Å². The van der Waals surface area contributed by atoms with Crippen LogP contribution in [0.2, 0.25) is 0 Å². The average Bonchev–Trinajstić information content (AvgIpc) is 3.10. The Bertz CT molecular complexity index is 1710. The number of nitrogens with two attached hydrogens (primary N) is 2. The molecule has 0 fully saturated rings. The third-order valence-electron chi connectivity index (χ3n) is 9.08. The Hall–Kier alpha value is -4.56. The zero-order valence-electron chi connectivity index (χ0n) is 26.5. The molecule has 45 heavy (non-hydrogen) atoms. The van der Waals surface area contributed by atoms with Gasteiger partial charge in [-0.05, 0) is 82.6 Å². The molecular formula is C38H45N7. The molecule has 0 aliphatic carbocycles. The smallest absolute Gasteiger partial charge is 0.0906 e. The molecule has 7 heteroatoms. The average molecular weight is 600 g/mol. The maximum absolute atomic E-state index is 6.61. The van der Waals surface area contributed by atoms with Gasteiger partial charge < -0.3 is 17.6 Å². The summed E-state index contributed by atoms with van der Waals surface area (Å²) in [5.41, 5.74) is 26.9. The molecule has 0 bridgehead atoms. The Morgan fingerprint density at radius 1 is 0.644 bits per heavy atom. The van der Waals surface area contributed by atoms with Crippen LogP contribution in [-0.2, 0) is 25.9 Å². The van der Waals surface area contributed by atoms with Crippen molar-refractivity contribution >= 4 is 11.4 Å². The largest absolute Gasteiger partial charge is 0.398 e. The lowest BCUT2D eigenvalue weighted by Crippen LogP contribution is -2.31. The number of rotatable bonds is 5. The van der Waals surface area contributed by atoms with Crippen LogP contribution in [0.1, 0.15) is 36.1 Å². The Morgan fingerprint density at radius 3 is 1.80 bits per heavy atom. The molecule has 0 radical (unpaired) electrons. The zero-order chi connectivity index (χ0) is 30.5. The predicted octanol–water partition coefficient (Wildman–Crippen LogP) is 7.25. The quantitative estimate of drug-likeness (QED) is 0.182. The first-order chi connectivity index (χ1) is 21.6. The summed E-state index contributed by atoms with van der Waals surface area (Å²) in [6.07, 6.45) is 7.31. The minimum absolute atomic E-state index is 0. The molecule has 2 aliphatic rings. The van der Waals surface area contributed by atoms with Crippen LogP contribution in [0, 0.1) is 0 Å². The van der Waals surface area contributed by atoms with E-state index in [0.29, 0.717) is 0 Å². The molecule has 0 saturated carbocycles. The number of benzene rings is 4. The molecule has 2 aliphatic heterocycles. The molecule has 3 heterocycles. The minimum Gasteiger partial charge on any atom is -0.398 e. The van der Waals surface area contributed by atoms with Crippen LogP contribution in [0.3, 0.4) is 0 Å². The molecular weight excluding hydrogens is 554 g/mol. The summed E-state index contributed by atoms with van der Waals surface area (Å²) < 4.78 is 0. The number of fused-ring (bicyclic) bond motifs is 2. The number of likely N-dealkylation sites (N-methyl/N-ethyl adjacent to an activating group) is 2. The lowest BCUT2D eigenvalue weighted by molar-refractivity contribution is 0.269. The van der Waals surface area contributed by atoms with E-state index in [2.05, 4.69) is 112 Å². The molecule has 0 unspecified atom stereocenters. The van der Waals surface area contributed by atoms with Crippen molar-refractivity contribution in [3.8, 4) is 33.5 Å². The number of nitrogen functional groups attached to an aromatic ring is 2. The number of aromatic nitrogens is 2. The second-order valence-electron chi connectivity index (χ2n) is 11.6. The van der Waals surface area contributed by atoms with Crippen LogP contribution in [0.25, 0.3) is 33.5 Å². The van der Waals surface area contributed by atoms with Crippen LogP contribution in [0.5, 0.6) is 0 Å². The van der Waals surface area contributed by atoms with Crippen molar-refractivity contribution in [3.63, 3.8) is 0 Å². The van der Waals surface area contributed by atoms with Gasteiger partial charge in [0.2, 0.25) is 0 Å². The standard InChI is InChI=1S/C21H22N4.C17H20N2.H3N/c1-2-25-11-8-16-17(15-6-4-3-5-7-15)12-18(21(22)19(16)14-25)20-13-23-9-10-24-20;1-2-19-11-10-15-14(13-6-4-3-5-7-13)8-9-17(18)16(15)12-19;/h3-7,9-10,12-13H,2,8,11,14,22H2,1H3;3-9H,2,10-12,18H2,1H3;1H3. The van der Waals surface area contributed by atoms with Crippen LogP contribution in [-0.4, -0.2) is 45.9 Å². The van der Waals surface area contributed by atoms with Crippen molar-refractivity contribution in [3.05, 3.63) is 120 Å². The molecule has 4 aromatic carbocycles. The van der Waals surface area contributed by atoms with Gasteiger partial charge in [-0.15, -0.1) is 0 Å². The molecule has 7 rings (SSSR count). The summed E-state index contributed by atoms with van der Waals surface area (Å²) in [6, 6.07) is 27.6. The van der Waals surface area contributed by atoms with Gasteiger partial charge in [-0.1, -0.05) is 80.6 Å². The maximum atomic E-state index is 6.61. The molecule has 1 aromatic heterocycles. The van der Waals surface area contributed by atoms with E-state index in [1.54, 1.807) is 18.6 Å². The summed E-state index contributed by atoms with van der Waals surface area (Å²) in [6.45, 7) is 10.6. The SMILES string of the molecule is CCN1CCc2c(-c3ccccc3)cc(-c3cnccn3)c(N)c2C1.CCN1CCc2c(-c3ccccc3)ccc(N)c2C1.N. The minimum atomic E-state index is 0. The van der Waals surface area contributed by atoms with Gasteiger partial charge in [0.15, 0.2) is 0 Å². The number of anilines is 2. The van der Waals surface area contributed by atoms with E-state index >= 15 is 0 Å². The van der Waals surface area contributed by atoms with E-state index in [4.69, 9.17) is 11.5 Å². The fourth-order valence-corrected chi connectivity index (χ4v) is 6.54. The highest BCUT2D eigenvalue weighted by molar-refractivity contribution is 5.85. The molecule has 7 nitrogen and oxygen atoms in total. The third kappa shape index (κ3) is 6.76. The van der Waals surface area contributed by atoms with Crippen LogP contribution in [0.4, 0.5) is 11.4 Å². The molecule has 7 N–H and O–H groups in total. The van der Waals surface area contributed by atoms with Gasteiger partial charge in [-0.3, -0.25) is 19.8 Å². The molecule has 0 amide bonds. The van der Waals surface area contributed by atoms with E-state index in [1.807, 2.05) is 0 Å². The molecule has 0 atom stereocenters. The van der Waals surface area contributed by atoms with E-state index in [1.165, 1.54) is 44.5 Å². The fraction of sp³-hybridized carbons (Fsp3) is 0.263. The van der Waals surface area contributed by atoms with Gasteiger partial charge in [0, 0.05) is 55.5 Å². The summed E-state index contributed by atoms with van der Waals surface area (Å²) in [5, 5.41) is 0. The predicted molar refractivity (Wildman–Crippen MR) is 188 cm³/mol. The second-order valence-corrected chi connectivity index (χ2v) is 11.6. The summed E-state index contributed by atoms with van der Waals surface area (Å²) >= 11 is 0. The number of hydrogen-bond donors (Lipinski definition) is 3. The molecule has 0 saturated heterocycles. The highest BCUT2D eigenvalue weighted by Gasteiger charge is 2.24. The monoisotopic (exact) mass is 599 g/mol. The van der Waals surface area contributed by atoms with Crippen molar-refractivity contribution < 1.29 is 0 Å². The zero-order valence-corrected chi connectivity index (χ0v) is 26.5. The normalized spacial score (nSPS) is 14.4. The Kier molecular flexibility index (Phi) is 10.2. The first-order valence-electron chi connectivity index (χ1n) is 15.7. The Balaban J connectivity index is 0.000000180. The topological polar surface area (TPSA) is 119 Å². The highest BCUT2D eigenvalue weighted by Crippen LogP contribution is 2.39. The maximum Gasteiger partial charge on any atom is 0.0906 e. The van der Waals surface area contributed by atoms with Gasteiger partial charge >= 0.3 is 0 Å². The van der Waals surface area contributed by atoms with Crippen molar-refractivity contribution in [2.75, 3.05) is 37.6 Å². The molecule has 0 spiro atoms. The van der Waals surface area contributed by atoms with Gasteiger partial charge in [-0.25, -0.2) is 0 Å². The first-order valence-corrected chi connectivity index (χ1v) is 15.7. The lowest BCUT2D eigenvalue weighted by atomic mass is 9.86. The summed E-state index contributed by atoms with van der Waals surface area (Å²) in [7, 11) is 0. The van der Waals surface area contributed by atoms with Gasteiger partial charge in [-0.2, -0.15) is 0 Å². The molecule has 232 valence electrons. The van der Waals surface area contributed by atoms with Gasteiger partial charge in [0.1, 0.15) is 0 Å². The third-order valence-corrected chi connectivity index (χ3v) is 9.08. The number of hydrogen-bond acceptors (Lipinski definition) is 7. The van der Waals surface area contributed by atoms with E-state index in [-0.39, 0.29) is 6.15 Å². The van der Waals surface area contributed by atoms with Crippen molar-refractivity contribution in [1.29, 1.82) is 0 Å². The Morgan fingerprint density at radius 2 is 1.22 bits per heavy atom. The molecule has 5 aromatic rings. The van der Waals surface area contributed by atoms with Crippen molar-refractivity contribution in [2.45, 2.75) is 39.8 Å². The summed E-state index contributed by atoms with van der Waals surface area (Å²) in [4.78, 5) is 13.6. The second kappa shape index (κ2) is 14.5. The van der Waals surface area contributed by atoms with Gasteiger partial charge in [0.05, 0.1) is 11.9 Å². The van der Waals surface area contributed by atoms with Crippen molar-refractivity contribution in [2.24, 2.45) is 0 Å². The van der Waals surface area contributed by atoms with Crippen molar-refractivity contribution in [1.82, 2.24) is 25.9 Å². The number of nitrogens with zero attached hydrogens (tertiary/aromatic N) is 4. The van der Waals surface area contributed by atoms with E-state index in [9.17, 15) is 0 Å². The van der Waals surface area contributed by atoms with Crippen LogP contribution < -0.4 is 17.6 Å². The van der Waals surface area contributed by atoms with Gasteiger partial charge in [0.25, 0.3) is 0 Å². The summed E-state index contributed by atoms with van der Waals surface area (Å²) in [5.74, 6) is 0. The first kappa shape index (κ1) is 31.9. The van der Waals surface area contributed by atoms with E-state index in [0.717, 1.165) is 74.7 Å². The van der Waals surface area contributed by atoms with Crippen LogP contribution in [0.15, 0.2) is 97.5 Å². The van der Waals surface area contributed by atoms with E-state index < -0.39 is 0 Å². The lowest BCUT2D eigenvalue weighted by Gasteiger charge is -2.31.